The van der Waals surface area contributed by atoms with Crippen LogP contribution in [0.5, 0.6) is 0 Å². The first-order chi connectivity index (χ1) is 8.33. The van der Waals surface area contributed by atoms with E-state index < -0.39 is 21.1 Å². The zero-order valence-electron chi connectivity index (χ0n) is 10.4. The van der Waals surface area contributed by atoms with Gasteiger partial charge in [-0.25, -0.2) is 8.42 Å². The lowest BCUT2D eigenvalue weighted by molar-refractivity contribution is 0.549. The third-order valence-electron chi connectivity index (χ3n) is 2.99. The van der Waals surface area contributed by atoms with Gasteiger partial charge in [0.1, 0.15) is 0 Å². The van der Waals surface area contributed by atoms with Crippen LogP contribution in [-0.2, 0) is 9.84 Å². The van der Waals surface area contributed by atoms with Gasteiger partial charge in [-0.15, -0.1) is 0 Å². The van der Waals surface area contributed by atoms with Crippen LogP contribution in [0.15, 0.2) is 18.2 Å². The van der Waals surface area contributed by atoms with Gasteiger partial charge in [-0.05, 0) is 24.1 Å². The van der Waals surface area contributed by atoms with E-state index in [4.69, 9.17) is 28.9 Å². The smallest absolute Gasteiger partial charge is 0.154 e. The van der Waals surface area contributed by atoms with Crippen molar-refractivity contribution < 1.29 is 8.42 Å². The predicted octanol–water partition coefficient (Wildman–Crippen LogP) is 3.21. The number of nitrogens with two attached hydrogens (primary N) is 1. The number of rotatable bonds is 5. The minimum Gasteiger partial charge on any atom is -0.323 e. The molecular formula is C12H17Cl2NO2S. The fraction of sp³-hybridized carbons (Fsp3) is 0.500. The van der Waals surface area contributed by atoms with Crippen LogP contribution in [-0.4, -0.2) is 19.4 Å². The minimum absolute atomic E-state index is 0.0738. The van der Waals surface area contributed by atoms with E-state index in [1.807, 2.05) is 6.92 Å². The summed E-state index contributed by atoms with van der Waals surface area (Å²) >= 11 is 11.9. The molecule has 0 bridgehead atoms. The molecule has 0 saturated carbocycles. The molecule has 6 heteroatoms. The standard InChI is InChI=1S/C12H17Cl2NO2S/c1-3-11(18(16,17)4-2)12(15)9-6-5-8(13)7-10(9)14/h5-7,11-12H,3-4,15H2,1-2H3/t11-,12-/m0/s1. The second-order valence-corrected chi connectivity index (χ2v) is 7.44. The first kappa shape index (κ1) is 15.8. The molecular weight excluding hydrogens is 293 g/mol. The van der Waals surface area contributed by atoms with Crippen molar-refractivity contribution in [1.82, 2.24) is 0 Å². The third kappa shape index (κ3) is 3.38. The van der Waals surface area contributed by atoms with Gasteiger partial charge in [-0.2, -0.15) is 0 Å². The van der Waals surface area contributed by atoms with Crippen LogP contribution in [0.2, 0.25) is 10.0 Å². The number of halogens is 2. The summed E-state index contributed by atoms with van der Waals surface area (Å²) in [4.78, 5) is 0. The summed E-state index contributed by atoms with van der Waals surface area (Å²) in [6.45, 7) is 3.43. The first-order valence-electron chi connectivity index (χ1n) is 5.75. The van der Waals surface area contributed by atoms with Crippen molar-refractivity contribution in [2.24, 2.45) is 5.73 Å². The maximum Gasteiger partial charge on any atom is 0.154 e. The van der Waals surface area contributed by atoms with Gasteiger partial charge >= 0.3 is 0 Å². The average Bonchev–Trinajstić information content (AvgIpc) is 2.29. The first-order valence-corrected chi connectivity index (χ1v) is 8.22. The summed E-state index contributed by atoms with van der Waals surface area (Å²) in [6, 6.07) is 4.28. The van der Waals surface area contributed by atoms with Gasteiger partial charge in [-0.1, -0.05) is 43.1 Å². The molecule has 0 aromatic heterocycles. The highest BCUT2D eigenvalue weighted by Gasteiger charge is 2.30. The highest BCUT2D eigenvalue weighted by atomic mass is 35.5. The van der Waals surface area contributed by atoms with Crippen LogP contribution in [0, 0.1) is 0 Å². The number of hydrogen-bond acceptors (Lipinski definition) is 3. The molecule has 0 aliphatic heterocycles. The molecule has 0 aliphatic carbocycles. The summed E-state index contributed by atoms with van der Waals surface area (Å²) in [5.41, 5.74) is 6.67. The van der Waals surface area contributed by atoms with Gasteiger partial charge in [0.25, 0.3) is 0 Å². The van der Waals surface area contributed by atoms with E-state index in [2.05, 4.69) is 0 Å². The molecule has 1 aromatic rings. The quantitative estimate of drug-likeness (QED) is 0.908. The van der Waals surface area contributed by atoms with Gasteiger partial charge < -0.3 is 5.73 Å². The molecule has 2 N–H and O–H groups in total. The lowest BCUT2D eigenvalue weighted by Gasteiger charge is -2.23. The van der Waals surface area contributed by atoms with Crippen LogP contribution in [0.3, 0.4) is 0 Å². The van der Waals surface area contributed by atoms with E-state index in [-0.39, 0.29) is 5.75 Å². The normalized spacial score (nSPS) is 15.4. The zero-order chi connectivity index (χ0) is 13.9. The van der Waals surface area contributed by atoms with E-state index >= 15 is 0 Å². The molecule has 0 unspecified atom stereocenters. The van der Waals surface area contributed by atoms with Crippen molar-refractivity contribution in [1.29, 1.82) is 0 Å². The van der Waals surface area contributed by atoms with Gasteiger partial charge in [0, 0.05) is 21.8 Å². The molecule has 0 radical (unpaired) electrons. The van der Waals surface area contributed by atoms with Crippen molar-refractivity contribution in [3.63, 3.8) is 0 Å². The molecule has 0 heterocycles. The minimum atomic E-state index is -3.20. The Hall–Kier alpha value is -0.290. The molecule has 0 saturated heterocycles. The van der Waals surface area contributed by atoms with Crippen molar-refractivity contribution in [3.8, 4) is 0 Å². The summed E-state index contributed by atoms with van der Waals surface area (Å²) < 4.78 is 23.9. The Labute approximate surface area is 118 Å². The molecule has 0 fully saturated rings. The Morgan fingerprint density at radius 1 is 1.28 bits per heavy atom. The van der Waals surface area contributed by atoms with E-state index in [9.17, 15) is 8.42 Å². The second-order valence-electron chi connectivity index (χ2n) is 4.09. The monoisotopic (exact) mass is 309 g/mol. The van der Waals surface area contributed by atoms with Crippen LogP contribution in [0.4, 0.5) is 0 Å². The summed E-state index contributed by atoms with van der Waals surface area (Å²) in [6.07, 6.45) is 0.455. The molecule has 3 nitrogen and oxygen atoms in total. The molecule has 1 aromatic carbocycles. The Morgan fingerprint density at radius 2 is 1.89 bits per heavy atom. The molecule has 0 amide bonds. The Balaban J connectivity index is 3.15. The summed E-state index contributed by atoms with van der Waals surface area (Å²) in [7, 11) is -3.20. The summed E-state index contributed by atoms with van der Waals surface area (Å²) in [5.74, 6) is 0.0738. The highest BCUT2D eigenvalue weighted by molar-refractivity contribution is 7.92. The van der Waals surface area contributed by atoms with Crippen LogP contribution in [0.25, 0.3) is 0 Å². The maximum atomic E-state index is 12.0. The van der Waals surface area contributed by atoms with E-state index in [1.54, 1.807) is 25.1 Å². The van der Waals surface area contributed by atoms with Crippen LogP contribution in [0.1, 0.15) is 31.9 Å². The summed E-state index contributed by atoms with van der Waals surface area (Å²) in [5, 5.41) is 0.281. The van der Waals surface area contributed by atoms with Crippen molar-refractivity contribution in [2.75, 3.05) is 5.75 Å². The fourth-order valence-corrected chi connectivity index (χ4v) is 3.98. The maximum absolute atomic E-state index is 12.0. The lowest BCUT2D eigenvalue weighted by Crippen LogP contribution is -2.34. The van der Waals surface area contributed by atoms with Gasteiger partial charge in [-0.3, -0.25) is 0 Å². The molecule has 1 rings (SSSR count). The third-order valence-corrected chi connectivity index (χ3v) is 5.90. The Morgan fingerprint density at radius 3 is 2.33 bits per heavy atom. The van der Waals surface area contributed by atoms with E-state index in [0.29, 0.717) is 22.0 Å². The molecule has 0 aliphatic rings. The molecule has 2 atom stereocenters. The second kappa shape index (κ2) is 6.24. The number of sulfone groups is 1. The van der Waals surface area contributed by atoms with E-state index in [0.717, 1.165) is 0 Å². The number of benzene rings is 1. The molecule has 102 valence electrons. The highest BCUT2D eigenvalue weighted by Crippen LogP contribution is 2.30. The largest absolute Gasteiger partial charge is 0.323 e. The predicted molar refractivity (Wildman–Crippen MR) is 76.9 cm³/mol. The van der Waals surface area contributed by atoms with Crippen LogP contribution < -0.4 is 5.73 Å². The topological polar surface area (TPSA) is 60.2 Å². The van der Waals surface area contributed by atoms with Crippen LogP contribution >= 0.6 is 23.2 Å². The Bertz CT molecular complexity index is 517. The van der Waals surface area contributed by atoms with Crippen molar-refractivity contribution in [2.45, 2.75) is 31.6 Å². The number of hydrogen-bond donors (Lipinski definition) is 1. The van der Waals surface area contributed by atoms with Gasteiger partial charge in [0.05, 0.1) is 5.25 Å². The van der Waals surface area contributed by atoms with E-state index in [1.165, 1.54) is 0 Å². The van der Waals surface area contributed by atoms with Crippen molar-refractivity contribution >= 4 is 33.0 Å². The molecule has 18 heavy (non-hydrogen) atoms. The fourth-order valence-electron chi connectivity index (χ4n) is 1.92. The average molecular weight is 310 g/mol. The Kier molecular flexibility index (Phi) is 5.46. The van der Waals surface area contributed by atoms with Gasteiger partial charge in [0.2, 0.25) is 0 Å². The van der Waals surface area contributed by atoms with Gasteiger partial charge in [0.15, 0.2) is 9.84 Å². The zero-order valence-corrected chi connectivity index (χ0v) is 12.7. The lowest BCUT2D eigenvalue weighted by atomic mass is 10.0. The van der Waals surface area contributed by atoms with Crippen molar-refractivity contribution in [3.05, 3.63) is 33.8 Å². The molecule has 0 spiro atoms. The SMILES string of the molecule is CC[C@@H]([C@@H](N)c1ccc(Cl)cc1Cl)S(=O)(=O)CC.